The molecule has 7 heterocycles. The summed E-state index contributed by atoms with van der Waals surface area (Å²) in [6.45, 7) is 23.1. The summed E-state index contributed by atoms with van der Waals surface area (Å²) in [6, 6.07) is 0. The molecule has 24 atom stereocenters. The summed E-state index contributed by atoms with van der Waals surface area (Å²) in [4.78, 5) is 54.3. The molecule has 0 radical (unpaired) electrons. The highest BCUT2D eigenvalue weighted by Gasteiger charge is 2.58. The van der Waals surface area contributed by atoms with Gasteiger partial charge >= 0.3 is 17.9 Å². The third-order valence-electron chi connectivity index (χ3n) is 18.3. The number of carbonyl (C=O) groups excluding carboxylic acids is 4. The Morgan fingerprint density at radius 1 is 0.810 bits per heavy atom. The lowest BCUT2D eigenvalue weighted by atomic mass is 9.78. The van der Waals surface area contributed by atoms with E-state index in [4.69, 9.17) is 47.4 Å². The Bertz CT molecular complexity index is 2370. The third kappa shape index (κ3) is 17.3. The van der Waals surface area contributed by atoms with Gasteiger partial charge in [-0.15, -0.1) is 0 Å². The first kappa shape index (κ1) is 67.7. The van der Waals surface area contributed by atoms with Gasteiger partial charge in [0.05, 0.1) is 85.1 Å². The molecular weight excluding hydrogens is 1090 g/mol. The third-order valence-corrected chi connectivity index (χ3v) is 18.3. The van der Waals surface area contributed by atoms with Crippen LogP contribution in [0.15, 0.2) is 61.3 Å². The monoisotopic (exact) mass is 1190 g/mol. The second-order valence-corrected chi connectivity index (χ2v) is 25.8. The zero-order valence-electron chi connectivity index (χ0n) is 50.4. The number of methoxy groups -OCH3 is 1. The first-order chi connectivity index (χ1) is 39.4. The molecule has 7 aliphatic heterocycles. The van der Waals surface area contributed by atoms with Gasteiger partial charge in [-0.05, 0) is 45.4 Å². The van der Waals surface area contributed by atoms with Gasteiger partial charge in [0.15, 0.2) is 17.4 Å². The van der Waals surface area contributed by atoms with Crippen LogP contribution < -0.4 is 0 Å². The topological polar surface area (TPSA) is 302 Å². The Morgan fingerprint density at radius 3 is 2.17 bits per heavy atom. The molecule has 84 heavy (non-hydrogen) atoms. The minimum Gasteiger partial charge on any atom is -0.462 e. The number of carbonyl (C=O) groups is 4. The maximum absolute atomic E-state index is 14.4. The van der Waals surface area contributed by atoms with Crippen molar-refractivity contribution in [3.05, 3.63) is 61.3 Å². The standard InChI is InChI=1S/C63H96O21/c1-12-13-17-42(66)20-34(2)21-53-55(71)57-39(7)58(78-53)59(72)63(74)32-51(69)37(5)52(84-63)19-16-14-15-18-44-23-43(67)28-61(80-44)30-47(75-11)24-45(81-61)26-50(68)38(6)56(77-41(9)65)36(4)35(3)22-49-29-60(10,73)33-62(83-49)31-48(76-40(8)64)25-46(82-62)27-54(70)79-57/h12-13,15,17-18,36-39,42-49,51-53,55-59,66-67,69,71-74H,1-3,14,16,19-33H2,4-11H3/b17-13+,18-15-/t36-,37-,38-,39-,42-,43+,44+,45+,46-,47+,48+,49+,51+,52-,53-,55-,56+,57-,58-,59+,60+,61+,62-,63-/m1/s1. The lowest BCUT2D eigenvalue weighted by molar-refractivity contribution is -0.351. The van der Waals surface area contributed by atoms with Crippen molar-refractivity contribution in [1.29, 1.82) is 0 Å². The van der Waals surface area contributed by atoms with E-state index in [0.29, 0.717) is 43.3 Å². The number of ether oxygens (including phenoxy) is 10. The molecule has 6 saturated heterocycles. The molecule has 6 fully saturated rings. The normalized spacial score (nSPS) is 44.9. The highest BCUT2D eigenvalue weighted by Crippen LogP contribution is 2.48. The SMILES string of the molecule is C=C/C=C/[C@@H](O)CC(=C)C[C@H]1O[C@@H]2[C@H](C)[C@@H](OC(=O)C[C@H]3C[C@H](OC(C)=O)C[C@@]4(C[C@@](C)(O)C[C@H](CC(=C)[C@@H](C)[C@H](OC(C)=O)[C@H](C)C(=O)C[C@@H]5C[C@H](OC)C[C@]6(C[C@@H](O)C[C@H](/C=C\CCC[C@H]7O[C@](O)(C[C@H](O)[C@H]7C)[C@H]2O)O6)O5)O4)O3)[C@@H]1O. The van der Waals surface area contributed by atoms with Gasteiger partial charge in [-0.25, -0.2) is 0 Å². The Labute approximate surface area is 494 Å². The number of hydrogen-bond acceptors (Lipinski definition) is 21. The maximum Gasteiger partial charge on any atom is 0.308 e. The van der Waals surface area contributed by atoms with E-state index in [1.54, 1.807) is 47.8 Å². The van der Waals surface area contributed by atoms with Crippen LogP contribution in [0.5, 0.6) is 0 Å². The van der Waals surface area contributed by atoms with Crippen LogP contribution in [-0.4, -0.2) is 187 Å². The summed E-state index contributed by atoms with van der Waals surface area (Å²) >= 11 is 0. The smallest absolute Gasteiger partial charge is 0.308 e. The van der Waals surface area contributed by atoms with E-state index in [0.717, 1.165) is 0 Å². The summed E-state index contributed by atoms with van der Waals surface area (Å²) in [5, 5.41) is 82.3. The Hall–Kier alpha value is -3.78. The van der Waals surface area contributed by atoms with Crippen LogP contribution in [-0.2, 0) is 66.5 Å². The Balaban J connectivity index is 1.22. The van der Waals surface area contributed by atoms with Crippen molar-refractivity contribution >= 4 is 23.7 Å². The molecule has 0 aromatic heterocycles. The van der Waals surface area contributed by atoms with Crippen LogP contribution in [0.3, 0.4) is 0 Å². The molecule has 21 heteroatoms. The van der Waals surface area contributed by atoms with Crippen molar-refractivity contribution in [2.45, 2.75) is 278 Å². The van der Waals surface area contributed by atoms with Crippen LogP contribution in [0.25, 0.3) is 0 Å². The predicted octanol–water partition coefficient (Wildman–Crippen LogP) is 5.34. The number of allylic oxidation sites excluding steroid dienone is 3. The summed E-state index contributed by atoms with van der Waals surface area (Å²) in [7, 11) is 1.57. The minimum atomic E-state index is -2.39. The van der Waals surface area contributed by atoms with Gasteiger partial charge in [-0.1, -0.05) is 89.0 Å². The number of esters is 3. The summed E-state index contributed by atoms with van der Waals surface area (Å²) in [6.07, 6.45) is -6.46. The fraction of sp³-hybridized carbons (Fsp3) is 0.778. The molecule has 0 aromatic carbocycles. The molecule has 7 rings (SSSR count). The Morgan fingerprint density at radius 2 is 1.48 bits per heavy atom. The summed E-state index contributed by atoms with van der Waals surface area (Å²) in [5.41, 5.74) is -0.456. The largest absolute Gasteiger partial charge is 0.462 e. The number of ketones is 1. The molecule has 21 nitrogen and oxygen atoms in total. The van der Waals surface area contributed by atoms with Crippen LogP contribution >= 0.6 is 0 Å². The number of hydrogen-bond donors (Lipinski definition) is 7. The highest BCUT2D eigenvalue weighted by atomic mass is 16.7. The molecular formula is C63H96O21. The van der Waals surface area contributed by atoms with Gasteiger partial charge in [0.25, 0.3) is 0 Å². The van der Waals surface area contributed by atoms with Gasteiger partial charge in [-0.2, -0.15) is 0 Å². The molecule has 7 aliphatic rings. The van der Waals surface area contributed by atoms with Crippen molar-refractivity contribution < 1.29 is 102 Å². The highest BCUT2D eigenvalue weighted by molar-refractivity contribution is 5.82. The van der Waals surface area contributed by atoms with E-state index in [2.05, 4.69) is 19.7 Å². The minimum absolute atomic E-state index is 0.0156. The van der Waals surface area contributed by atoms with E-state index < -0.39 is 169 Å². The number of aliphatic hydroxyl groups is 7. The molecule has 10 bridgehead atoms. The Kier molecular flexibility index (Phi) is 23.0. The summed E-state index contributed by atoms with van der Waals surface area (Å²) < 4.78 is 63.4. The van der Waals surface area contributed by atoms with E-state index >= 15 is 0 Å². The van der Waals surface area contributed by atoms with Gasteiger partial charge in [0.2, 0.25) is 0 Å². The average molecular weight is 1190 g/mol. The van der Waals surface area contributed by atoms with E-state index in [9.17, 15) is 54.9 Å². The molecule has 474 valence electrons. The molecule has 0 amide bonds. The number of Topliss-reactive ketones (excluding diaryl/α,β-unsaturated/α-hetero) is 1. The average Bonchev–Trinajstić information content (AvgIpc) is 1.09. The zero-order chi connectivity index (χ0) is 61.6. The molecule has 0 unspecified atom stereocenters. The molecule has 0 aromatic rings. The van der Waals surface area contributed by atoms with Crippen molar-refractivity contribution in [3.8, 4) is 0 Å². The first-order valence-corrected chi connectivity index (χ1v) is 30.2. The number of aliphatic hydroxyl groups excluding tert-OH is 5. The van der Waals surface area contributed by atoms with Crippen LogP contribution in [0.4, 0.5) is 0 Å². The van der Waals surface area contributed by atoms with Gasteiger partial charge in [0, 0.05) is 103 Å². The van der Waals surface area contributed by atoms with Crippen molar-refractivity contribution in [2.75, 3.05) is 7.11 Å². The lowest BCUT2D eigenvalue weighted by Crippen LogP contribution is -2.65. The van der Waals surface area contributed by atoms with E-state index in [1.165, 1.54) is 26.0 Å². The van der Waals surface area contributed by atoms with E-state index in [1.807, 2.05) is 12.2 Å². The maximum atomic E-state index is 14.4. The fourth-order valence-corrected chi connectivity index (χ4v) is 14.1. The first-order valence-electron chi connectivity index (χ1n) is 30.2. The second-order valence-electron chi connectivity index (χ2n) is 25.8. The molecule has 7 N–H and O–H groups in total. The van der Waals surface area contributed by atoms with Gasteiger partial charge < -0.3 is 83.1 Å². The quantitative estimate of drug-likeness (QED) is 0.0663. The van der Waals surface area contributed by atoms with Crippen LogP contribution in [0.1, 0.15) is 158 Å². The number of rotatable bonds is 9. The number of fused-ring (bicyclic) bond motifs is 8. The molecule has 0 aliphatic carbocycles. The van der Waals surface area contributed by atoms with Crippen molar-refractivity contribution in [1.82, 2.24) is 0 Å². The lowest BCUT2D eigenvalue weighted by Gasteiger charge is -2.52. The van der Waals surface area contributed by atoms with Crippen molar-refractivity contribution in [2.24, 2.45) is 23.7 Å². The van der Waals surface area contributed by atoms with E-state index in [-0.39, 0.29) is 76.1 Å². The zero-order valence-corrected chi connectivity index (χ0v) is 50.4. The fourth-order valence-electron chi connectivity index (χ4n) is 14.1. The molecule has 2 spiro atoms. The van der Waals surface area contributed by atoms with Gasteiger partial charge in [0.1, 0.15) is 36.3 Å². The predicted molar refractivity (Wildman–Crippen MR) is 303 cm³/mol. The van der Waals surface area contributed by atoms with Crippen LogP contribution in [0.2, 0.25) is 0 Å². The van der Waals surface area contributed by atoms with Gasteiger partial charge in [-0.3, -0.25) is 19.2 Å². The molecule has 0 saturated carbocycles. The van der Waals surface area contributed by atoms with Crippen molar-refractivity contribution in [3.63, 3.8) is 0 Å². The summed E-state index contributed by atoms with van der Waals surface area (Å²) in [5.74, 6) is -10.6. The van der Waals surface area contributed by atoms with Crippen LogP contribution in [0, 0.1) is 23.7 Å². The second kappa shape index (κ2) is 28.6.